The van der Waals surface area contributed by atoms with Crippen LogP contribution >= 0.6 is 0 Å². The second-order valence-electron chi connectivity index (χ2n) is 5.37. The Balaban J connectivity index is 1.95. The number of rotatable bonds is 4. The summed E-state index contributed by atoms with van der Waals surface area (Å²) in [7, 11) is 0. The second kappa shape index (κ2) is 6.75. The molecule has 1 fully saturated rings. The van der Waals surface area contributed by atoms with Gasteiger partial charge >= 0.3 is 0 Å². The van der Waals surface area contributed by atoms with Gasteiger partial charge in [-0.2, -0.15) is 0 Å². The molecule has 2 N–H and O–H groups in total. The van der Waals surface area contributed by atoms with Crippen LogP contribution in [0.5, 0.6) is 0 Å². The van der Waals surface area contributed by atoms with Gasteiger partial charge in [0.1, 0.15) is 0 Å². The van der Waals surface area contributed by atoms with E-state index in [2.05, 4.69) is 18.7 Å². The summed E-state index contributed by atoms with van der Waals surface area (Å²) in [5, 5.41) is 0. The molecular formula is C16H25N3O. The normalized spacial score (nSPS) is 16.6. The Hall–Kier alpha value is -1.55. The zero-order valence-electron chi connectivity index (χ0n) is 12.5. The number of piperidine rings is 1. The summed E-state index contributed by atoms with van der Waals surface area (Å²) >= 11 is 0. The number of anilines is 1. The predicted molar refractivity (Wildman–Crippen MR) is 82.7 cm³/mol. The summed E-state index contributed by atoms with van der Waals surface area (Å²) in [6.07, 6.45) is 2.13. The van der Waals surface area contributed by atoms with E-state index in [1.54, 1.807) is 6.07 Å². The third kappa shape index (κ3) is 3.31. The first kappa shape index (κ1) is 14.9. The number of nitrogen functional groups attached to an aromatic ring is 1. The lowest BCUT2D eigenvalue weighted by atomic mass is 10.0. The maximum absolute atomic E-state index is 12.4. The number of hydrogen-bond donors (Lipinski definition) is 1. The van der Waals surface area contributed by atoms with Crippen molar-refractivity contribution in [2.75, 3.05) is 31.9 Å². The average molecular weight is 275 g/mol. The molecule has 1 aromatic rings. The lowest BCUT2D eigenvalue weighted by Crippen LogP contribution is -2.46. The molecule has 0 aliphatic carbocycles. The maximum atomic E-state index is 12.4. The number of hydrogen-bond acceptors (Lipinski definition) is 3. The molecule has 0 radical (unpaired) electrons. The number of likely N-dealkylation sites (tertiary alicyclic amines) is 1. The predicted octanol–water partition coefficient (Wildman–Crippen LogP) is 2.22. The lowest BCUT2D eigenvalue weighted by molar-refractivity contribution is 0.0631. The summed E-state index contributed by atoms with van der Waals surface area (Å²) in [5.74, 6) is 0.107. The molecule has 4 heteroatoms. The Bertz CT molecular complexity index is 449. The summed E-state index contributed by atoms with van der Waals surface area (Å²) in [6.45, 7) is 8.26. The third-order valence-corrected chi connectivity index (χ3v) is 4.21. The van der Waals surface area contributed by atoms with Crippen LogP contribution in [0.25, 0.3) is 0 Å². The highest BCUT2D eigenvalue weighted by molar-refractivity contribution is 5.95. The molecule has 1 aliphatic rings. The summed E-state index contributed by atoms with van der Waals surface area (Å²) in [4.78, 5) is 16.9. The van der Waals surface area contributed by atoms with Crippen molar-refractivity contribution in [3.05, 3.63) is 29.8 Å². The first-order valence-corrected chi connectivity index (χ1v) is 7.54. The van der Waals surface area contributed by atoms with Gasteiger partial charge in [-0.25, -0.2) is 0 Å². The quantitative estimate of drug-likeness (QED) is 0.857. The molecule has 0 unspecified atom stereocenters. The van der Waals surface area contributed by atoms with Crippen molar-refractivity contribution in [1.29, 1.82) is 0 Å². The van der Waals surface area contributed by atoms with E-state index in [1.165, 1.54) is 0 Å². The van der Waals surface area contributed by atoms with Crippen molar-refractivity contribution in [3.8, 4) is 0 Å². The number of benzene rings is 1. The van der Waals surface area contributed by atoms with Gasteiger partial charge in [0, 0.05) is 30.4 Å². The van der Waals surface area contributed by atoms with E-state index in [9.17, 15) is 4.79 Å². The van der Waals surface area contributed by atoms with Crippen molar-refractivity contribution in [3.63, 3.8) is 0 Å². The largest absolute Gasteiger partial charge is 0.399 e. The van der Waals surface area contributed by atoms with Gasteiger partial charge in [-0.15, -0.1) is 0 Å². The summed E-state index contributed by atoms with van der Waals surface area (Å²) in [6, 6.07) is 7.87. The Morgan fingerprint density at radius 3 is 2.50 bits per heavy atom. The van der Waals surface area contributed by atoms with E-state index < -0.39 is 0 Å². The van der Waals surface area contributed by atoms with Gasteiger partial charge < -0.3 is 15.5 Å². The van der Waals surface area contributed by atoms with Crippen LogP contribution in [0.15, 0.2) is 24.3 Å². The monoisotopic (exact) mass is 275 g/mol. The van der Waals surface area contributed by atoms with Gasteiger partial charge in [0.15, 0.2) is 0 Å². The fraction of sp³-hybridized carbons (Fsp3) is 0.562. The van der Waals surface area contributed by atoms with Crippen LogP contribution in [0, 0.1) is 0 Å². The van der Waals surface area contributed by atoms with Gasteiger partial charge in [0.2, 0.25) is 0 Å². The van der Waals surface area contributed by atoms with E-state index in [0.29, 0.717) is 17.3 Å². The molecule has 0 bridgehead atoms. The summed E-state index contributed by atoms with van der Waals surface area (Å²) < 4.78 is 0. The average Bonchev–Trinajstić information content (AvgIpc) is 2.48. The number of carbonyl (C=O) groups is 1. The zero-order chi connectivity index (χ0) is 14.5. The summed E-state index contributed by atoms with van der Waals surface area (Å²) in [5.41, 5.74) is 7.09. The van der Waals surface area contributed by atoms with Gasteiger partial charge in [-0.3, -0.25) is 4.79 Å². The van der Waals surface area contributed by atoms with Crippen LogP contribution < -0.4 is 5.73 Å². The highest BCUT2D eigenvalue weighted by atomic mass is 16.2. The molecule has 1 aliphatic heterocycles. The first-order chi connectivity index (χ1) is 9.65. The zero-order valence-corrected chi connectivity index (χ0v) is 12.5. The molecule has 0 atom stereocenters. The van der Waals surface area contributed by atoms with Gasteiger partial charge in [-0.1, -0.05) is 19.9 Å². The second-order valence-corrected chi connectivity index (χ2v) is 5.37. The van der Waals surface area contributed by atoms with Gasteiger partial charge in [0.05, 0.1) is 0 Å². The van der Waals surface area contributed by atoms with Crippen LogP contribution in [0.1, 0.15) is 37.0 Å². The van der Waals surface area contributed by atoms with E-state index in [0.717, 1.165) is 39.0 Å². The molecule has 0 saturated carbocycles. The van der Waals surface area contributed by atoms with Crippen molar-refractivity contribution in [2.24, 2.45) is 0 Å². The van der Waals surface area contributed by atoms with Crippen molar-refractivity contribution < 1.29 is 4.79 Å². The third-order valence-electron chi connectivity index (χ3n) is 4.21. The lowest BCUT2D eigenvalue weighted by Gasteiger charge is -2.37. The fourth-order valence-corrected chi connectivity index (χ4v) is 3.03. The number of nitrogens with two attached hydrogens (primary N) is 1. The highest BCUT2D eigenvalue weighted by Crippen LogP contribution is 2.19. The standard InChI is InChI=1S/C16H25N3O/c1-3-18(4-2)15-8-10-19(11-9-15)16(20)13-6-5-7-14(17)12-13/h5-7,12,15H,3-4,8-11,17H2,1-2H3. The van der Waals surface area contributed by atoms with Crippen LogP contribution in [0.4, 0.5) is 5.69 Å². The first-order valence-electron chi connectivity index (χ1n) is 7.54. The van der Waals surface area contributed by atoms with E-state index in [1.807, 2.05) is 23.1 Å². The van der Waals surface area contributed by atoms with Crippen molar-refractivity contribution in [2.45, 2.75) is 32.7 Å². The van der Waals surface area contributed by atoms with Crippen LogP contribution in [-0.4, -0.2) is 47.9 Å². The Morgan fingerprint density at radius 1 is 1.30 bits per heavy atom. The molecule has 1 heterocycles. The molecule has 20 heavy (non-hydrogen) atoms. The molecule has 1 amide bonds. The molecule has 1 saturated heterocycles. The van der Waals surface area contributed by atoms with Crippen LogP contribution in [-0.2, 0) is 0 Å². The number of amides is 1. The minimum atomic E-state index is 0.107. The Labute approximate surface area is 121 Å². The van der Waals surface area contributed by atoms with E-state index >= 15 is 0 Å². The highest BCUT2D eigenvalue weighted by Gasteiger charge is 2.26. The maximum Gasteiger partial charge on any atom is 0.253 e. The molecule has 0 spiro atoms. The molecule has 4 nitrogen and oxygen atoms in total. The Kier molecular flexibility index (Phi) is 5.01. The Morgan fingerprint density at radius 2 is 1.95 bits per heavy atom. The molecule has 0 aromatic heterocycles. The van der Waals surface area contributed by atoms with E-state index in [4.69, 9.17) is 5.73 Å². The molecule has 2 rings (SSSR count). The van der Waals surface area contributed by atoms with Crippen LogP contribution in [0.3, 0.4) is 0 Å². The number of nitrogens with zero attached hydrogens (tertiary/aromatic N) is 2. The smallest absolute Gasteiger partial charge is 0.253 e. The SMILES string of the molecule is CCN(CC)C1CCN(C(=O)c2cccc(N)c2)CC1. The van der Waals surface area contributed by atoms with Gasteiger partial charge in [-0.05, 0) is 44.1 Å². The minimum Gasteiger partial charge on any atom is -0.399 e. The van der Waals surface area contributed by atoms with E-state index in [-0.39, 0.29) is 5.91 Å². The minimum absolute atomic E-state index is 0.107. The molecular weight excluding hydrogens is 250 g/mol. The van der Waals surface area contributed by atoms with Gasteiger partial charge in [0.25, 0.3) is 5.91 Å². The van der Waals surface area contributed by atoms with Crippen molar-refractivity contribution in [1.82, 2.24) is 9.80 Å². The molecule has 1 aromatic carbocycles. The topological polar surface area (TPSA) is 49.6 Å². The van der Waals surface area contributed by atoms with Crippen LogP contribution in [0.2, 0.25) is 0 Å². The van der Waals surface area contributed by atoms with Crippen molar-refractivity contribution >= 4 is 11.6 Å². The fourth-order valence-electron chi connectivity index (χ4n) is 3.03. The molecule has 110 valence electrons. The number of carbonyl (C=O) groups excluding carboxylic acids is 1.